The normalized spacial score (nSPS) is 14.5. The Kier molecular flexibility index (Phi) is 6.85. The summed E-state index contributed by atoms with van der Waals surface area (Å²) in [5, 5.41) is 1.23. The minimum Gasteiger partial charge on any atom is -0.493 e. The molecule has 8 heteroatoms. The zero-order chi connectivity index (χ0) is 23.5. The summed E-state index contributed by atoms with van der Waals surface area (Å²) in [7, 11) is 1.54. The van der Waals surface area contributed by atoms with Crippen LogP contribution in [0.15, 0.2) is 75.2 Å². The lowest BCUT2D eigenvalue weighted by molar-refractivity contribution is -0.117. The van der Waals surface area contributed by atoms with Gasteiger partial charge >= 0.3 is 0 Å². The van der Waals surface area contributed by atoms with Gasteiger partial charge in [-0.3, -0.25) is 15.0 Å². The number of para-hydroxylation sites is 1. The summed E-state index contributed by atoms with van der Waals surface area (Å²) in [6.07, 6.45) is 1.53. The minimum atomic E-state index is -0.481. The number of carbonyl (C=O) groups excluding carboxylic acids is 2. The van der Waals surface area contributed by atoms with Crippen molar-refractivity contribution < 1.29 is 19.1 Å². The molecule has 168 valence electrons. The molecule has 0 aliphatic carbocycles. The van der Waals surface area contributed by atoms with E-state index < -0.39 is 11.8 Å². The number of benzene rings is 3. The molecule has 0 saturated carbocycles. The Labute approximate surface area is 208 Å². The van der Waals surface area contributed by atoms with Crippen LogP contribution < -0.4 is 19.9 Å². The topological polar surface area (TPSA) is 67.9 Å². The lowest BCUT2D eigenvalue weighted by Gasteiger charge is -2.16. The molecule has 4 rings (SSSR count). The molecule has 6 nitrogen and oxygen atoms in total. The van der Waals surface area contributed by atoms with Gasteiger partial charge in [-0.2, -0.15) is 0 Å². The molecule has 0 unspecified atom stereocenters. The first-order valence-corrected chi connectivity index (χ1v) is 11.6. The van der Waals surface area contributed by atoms with Crippen LogP contribution in [-0.4, -0.2) is 18.9 Å². The van der Waals surface area contributed by atoms with Gasteiger partial charge in [0, 0.05) is 4.47 Å². The molecular weight excluding hydrogens is 552 g/mol. The Morgan fingerprint density at radius 3 is 2.45 bits per heavy atom. The zero-order valence-corrected chi connectivity index (χ0v) is 21.1. The number of anilines is 1. The number of halogens is 2. The average molecular weight is 572 g/mol. The molecule has 3 aromatic rings. The molecule has 0 atom stereocenters. The number of hydrogen-bond acceptors (Lipinski definition) is 4. The number of ether oxygens (including phenoxy) is 2. The Bertz CT molecular complexity index is 1260. The van der Waals surface area contributed by atoms with Gasteiger partial charge in [0.15, 0.2) is 11.5 Å². The van der Waals surface area contributed by atoms with E-state index in [1.165, 1.54) is 18.2 Å². The van der Waals surface area contributed by atoms with Gasteiger partial charge in [0.05, 0.1) is 17.3 Å². The third-order valence-electron chi connectivity index (χ3n) is 5.05. The maximum atomic E-state index is 12.9. The Morgan fingerprint density at radius 2 is 1.76 bits per heavy atom. The van der Waals surface area contributed by atoms with E-state index in [0.717, 1.165) is 11.1 Å². The standard InChI is InChI=1S/C25H20Br2N2O4/c1-15-7-6-8-16(11-15)14-33-23-20(32-2)13-17(21(26)22(23)27)12-19-24(30)28-29(25(19)31)18-9-4-3-5-10-18/h3-13H,14H2,1-2H3,(H,28,30)/b19-12-. The molecule has 1 N–H and O–H groups in total. The lowest BCUT2D eigenvalue weighted by atomic mass is 10.1. The van der Waals surface area contributed by atoms with E-state index >= 15 is 0 Å². The van der Waals surface area contributed by atoms with Crippen molar-refractivity contribution in [1.82, 2.24) is 5.43 Å². The first kappa shape index (κ1) is 23.1. The molecule has 2 amide bonds. The van der Waals surface area contributed by atoms with Crippen LogP contribution in [-0.2, 0) is 16.2 Å². The van der Waals surface area contributed by atoms with E-state index in [1.54, 1.807) is 30.3 Å². The minimum absolute atomic E-state index is 0.0157. The molecule has 1 saturated heterocycles. The molecule has 1 fully saturated rings. The average Bonchev–Trinajstić information content (AvgIpc) is 3.10. The van der Waals surface area contributed by atoms with Gasteiger partial charge in [0.25, 0.3) is 11.8 Å². The van der Waals surface area contributed by atoms with Gasteiger partial charge in [-0.05, 0) is 74.2 Å². The van der Waals surface area contributed by atoms with E-state index in [2.05, 4.69) is 43.4 Å². The molecule has 1 heterocycles. The Hall–Kier alpha value is -3.10. The van der Waals surface area contributed by atoms with Crippen LogP contribution in [0.3, 0.4) is 0 Å². The van der Waals surface area contributed by atoms with Gasteiger partial charge in [0.2, 0.25) is 0 Å². The van der Waals surface area contributed by atoms with E-state index in [4.69, 9.17) is 9.47 Å². The second-order valence-electron chi connectivity index (χ2n) is 7.38. The summed E-state index contributed by atoms with van der Waals surface area (Å²) in [5.41, 5.74) is 5.97. The van der Waals surface area contributed by atoms with Crippen LogP contribution in [0.2, 0.25) is 0 Å². The lowest BCUT2D eigenvalue weighted by Crippen LogP contribution is -2.35. The van der Waals surface area contributed by atoms with Gasteiger partial charge in [-0.15, -0.1) is 0 Å². The fourth-order valence-corrected chi connectivity index (χ4v) is 4.37. The predicted octanol–water partition coefficient (Wildman–Crippen LogP) is 5.57. The highest BCUT2D eigenvalue weighted by Crippen LogP contribution is 2.44. The van der Waals surface area contributed by atoms with Crippen LogP contribution in [0, 0.1) is 6.92 Å². The third-order valence-corrected chi connectivity index (χ3v) is 7.19. The number of nitrogens with one attached hydrogen (secondary N) is 1. The van der Waals surface area contributed by atoms with Crippen molar-refractivity contribution in [2.24, 2.45) is 0 Å². The van der Waals surface area contributed by atoms with Crippen molar-refractivity contribution in [3.63, 3.8) is 0 Å². The van der Waals surface area contributed by atoms with Crippen molar-refractivity contribution >= 4 is 55.4 Å². The first-order valence-electron chi connectivity index (χ1n) is 10.1. The van der Waals surface area contributed by atoms with Crippen molar-refractivity contribution in [2.75, 3.05) is 12.1 Å². The number of hydrogen-bond donors (Lipinski definition) is 1. The fourth-order valence-electron chi connectivity index (χ4n) is 3.43. The summed E-state index contributed by atoms with van der Waals surface area (Å²) >= 11 is 7.12. The number of hydrazine groups is 1. The van der Waals surface area contributed by atoms with Gasteiger partial charge in [-0.1, -0.05) is 48.0 Å². The maximum absolute atomic E-state index is 12.9. The van der Waals surface area contributed by atoms with Crippen LogP contribution in [0.1, 0.15) is 16.7 Å². The third kappa shape index (κ3) is 4.82. The Morgan fingerprint density at radius 1 is 1.00 bits per heavy atom. The number of nitrogens with zero attached hydrogens (tertiary/aromatic N) is 1. The van der Waals surface area contributed by atoms with E-state index in [-0.39, 0.29) is 5.57 Å². The van der Waals surface area contributed by atoms with E-state index in [0.29, 0.717) is 38.3 Å². The van der Waals surface area contributed by atoms with Crippen molar-refractivity contribution in [2.45, 2.75) is 13.5 Å². The summed E-state index contributed by atoms with van der Waals surface area (Å²) in [6, 6.07) is 18.7. The summed E-state index contributed by atoms with van der Waals surface area (Å²) < 4.78 is 12.8. The summed E-state index contributed by atoms with van der Waals surface area (Å²) in [4.78, 5) is 25.5. The van der Waals surface area contributed by atoms with Crippen molar-refractivity contribution in [3.8, 4) is 11.5 Å². The molecule has 0 radical (unpaired) electrons. The first-order chi connectivity index (χ1) is 15.9. The monoisotopic (exact) mass is 570 g/mol. The number of amides is 2. The van der Waals surface area contributed by atoms with Crippen LogP contribution in [0.4, 0.5) is 5.69 Å². The number of aryl methyl sites for hydroxylation is 1. The summed E-state index contributed by atoms with van der Waals surface area (Å²) in [6.45, 7) is 2.38. The summed E-state index contributed by atoms with van der Waals surface area (Å²) in [5.74, 6) is 0.0649. The molecule has 0 bridgehead atoms. The van der Waals surface area contributed by atoms with Crippen molar-refractivity contribution in [3.05, 3.63) is 91.9 Å². The number of rotatable bonds is 6. The van der Waals surface area contributed by atoms with Crippen LogP contribution in [0.25, 0.3) is 6.08 Å². The highest BCUT2D eigenvalue weighted by atomic mass is 79.9. The van der Waals surface area contributed by atoms with Crippen LogP contribution in [0.5, 0.6) is 11.5 Å². The van der Waals surface area contributed by atoms with E-state index in [9.17, 15) is 9.59 Å². The molecule has 33 heavy (non-hydrogen) atoms. The molecule has 0 spiro atoms. The fraction of sp³-hybridized carbons (Fsp3) is 0.120. The number of methoxy groups -OCH3 is 1. The van der Waals surface area contributed by atoms with Crippen LogP contribution >= 0.6 is 31.9 Å². The maximum Gasteiger partial charge on any atom is 0.282 e. The quantitative estimate of drug-likeness (QED) is 0.310. The predicted molar refractivity (Wildman–Crippen MR) is 134 cm³/mol. The smallest absolute Gasteiger partial charge is 0.282 e. The highest BCUT2D eigenvalue weighted by molar-refractivity contribution is 9.13. The zero-order valence-electron chi connectivity index (χ0n) is 17.9. The van der Waals surface area contributed by atoms with Gasteiger partial charge < -0.3 is 9.47 Å². The van der Waals surface area contributed by atoms with E-state index in [1.807, 2.05) is 31.2 Å². The highest BCUT2D eigenvalue weighted by Gasteiger charge is 2.34. The van der Waals surface area contributed by atoms with Gasteiger partial charge in [-0.25, -0.2) is 5.01 Å². The molecule has 1 aliphatic rings. The molecular formula is C25H20Br2N2O4. The van der Waals surface area contributed by atoms with Crippen molar-refractivity contribution in [1.29, 1.82) is 0 Å². The molecule has 1 aliphatic heterocycles. The van der Waals surface area contributed by atoms with Gasteiger partial charge in [0.1, 0.15) is 12.2 Å². The number of carbonyl (C=O) groups is 2. The second-order valence-corrected chi connectivity index (χ2v) is 8.96. The molecule has 0 aromatic heterocycles. The molecule has 3 aromatic carbocycles. The second kappa shape index (κ2) is 9.80. The largest absolute Gasteiger partial charge is 0.493 e. The SMILES string of the molecule is COc1cc(/C=C2/C(=O)NN(c3ccccc3)C2=O)c(Br)c(Br)c1OCc1cccc(C)c1. The Balaban J connectivity index is 1.65.